The highest BCUT2D eigenvalue weighted by Gasteiger charge is 2.04. The average molecular weight is 221 g/mol. The average Bonchev–Trinajstić information content (AvgIpc) is 2.63. The van der Waals surface area contributed by atoms with Gasteiger partial charge in [0.2, 0.25) is 0 Å². The summed E-state index contributed by atoms with van der Waals surface area (Å²) >= 11 is 1.77. The van der Waals surface area contributed by atoms with Crippen molar-refractivity contribution in [3.8, 4) is 5.75 Å². The molecule has 0 bridgehead atoms. The fourth-order valence-electron chi connectivity index (χ4n) is 1.66. The lowest BCUT2D eigenvalue weighted by Gasteiger charge is -1.95. The lowest BCUT2D eigenvalue weighted by molar-refractivity contribution is 0.482. The Morgan fingerprint density at radius 1 is 1.40 bits per heavy atom. The van der Waals surface area contributed by atoms with Gasteiger partial charge < -0.3 is 10.4 Å². The quantitative estimate of drug-likeness (QED) is 0.778. The summed E-state index contributed by atoms with van der Waals surface area (Å²) in [5.74, 6) is 0.392. The van der Waals surface area contributed by atoms with Gasteiger partial charge in [0.05, 0.1) is 0 Å². The molecule has 0 saturated carbocycles. The van der Waals surface area contributed by atoms with Crippen LogP contribution in [0, 0.1) is 0 Å². The van der Waals surface area contributed by atoms with Gasteiger partial charge in [-0.2, -0.15) is 0 Å². The monoisotopic (exact) mass is 221 g/mol. The van der Waals surface area contributed by atoms with Crippen LogP contribution in [0.2, 0.25) is 0 Å². The van der Waals surface area contributed by atoms with Crippen LogP contribution < -0.4 is 5.32 Å². The molecule has 2 nitrogen and oxygen atoms in total. The minimum atomic E-state index is 0.392. The molecule has 0 aliphatic rings. The molecule has 80 valence electrons. The number of hydrogen-bond donors (Lipinski definition) is 2. The van der Waals surface area contributed by atoms with E-state index in [1.165, 1.54) is 9.58 Å². The topological polar surface area (TPSA) is 32.3 Å². The van der Waals surface area contributed by atoms with Gasteiger partial charge in [0.1, 0.15) is 5.75 Å². The second-order valence-electron chi connectivity index (χ2n) is 3.61. The summed E-state index contributed by atoms with van der Waals surface area (Å²) in [4.78, 5) is 1.35. The van der Waals surface area contributed by atoms with E-state index in [1.807, 2.05) is 13.1 Å². The molecule has 0 saturated heterocycles. The van der Waals surface area contributed by atoms with Gasteiger partial charge in [0, 0.05) is 15.0 Å². The van der Waals surface area contributed by atoms with E-state index in [0.29, 0.717) is 5.75 Å². The summed E-state index contributed by atoms with van der Waals surface area (Å²) in [5, 5.41) is 13.8. The lowest BCUT2D eigenvalue weighted by Crippen LogP contribution is -2.07. The SMILES string of the molecule is CNCCCc1cc2c(O)cccc2s1. The van der Waals surface area contributed by atoms with E-state index in [-0.39, 0.29) is 0 Å². The van der Waals surface area contributed by atoms with Crippen molar-refractivity contribution < 1.29 is 5.11 Å². The van der Waals surface area contributed by atoms with Crippen LogP contribution >= 0.6 is 11.3 Å². The van der Waals surface area contributed by atoms with E-state index in [1.54, 1.807) is 17.4 Å². The molecule has 0 unspecified atom stereocenters. The van der Waals surface area contributed by atoms with E-state index in [4.69, 9.17) is 0 Å². The number of hydrogen-bond acceptors (Lipinski definition) is 3. The van der Waals surface area contributed by atoms with Crippen molar-refractivity contribution in [1.82, 2.24) is 5.32 Å². The first-order chi connectivity index (χ1) is 7.31. The predicted molar refractivity (Wildman–Crippen MR) is 65.7 cm³/mol. The molecular formula is C12H15NOS. The lowest BCUT2D eigenvalue weighted by atomic mass is 10.2. The Morgan fingerprint density at radius 2 is 2.27 bits per heavy atom. The zero-order valence-corrected chi connectivity index (χ0v) is 9.60. The summed E-state index contributed by atoms with van der Waals surface area (Å²) in [6, 6.07) is 7.80. The maximum absolute atomic E-state index is 9.65. The third-order valence-corrected chi connectivity index (χ3v) is 3.60. The number of nitrogens with one attached hydrogen (secondary N) is 1. The van der Waals surface area contributed by atoms with E-state index in [0.717, 1.165) is 24.8 Å². The standard InChI is InChI=1S/C12H15NOS/c1-13-7-3-4-9-8-10-11(14)5-2-6-12(10)15-9/h2,5-6,8,13-14H,3-4,7H2,1H3. The van der Waals surface area contributed by atoms with Crippen molar-refractivity contribution >= 4 is 21.4 Å². The van der Waals surface area contributed by atoms with E-state index < -0.39 is 0 Å². The molecule has 1 aromatic carbocycles. The van der Waals surface area contributed by atoms with Crippen LogP contribution in [0.5, 0.6) is 5.75 Å². The highest BCUT2D eigenvalue weighted by Crippen LogP contribution is 2.32. The molecule has 0 radical (unpaired) electrons. The zero-order valence-electron chi connectivity index (χ0n) is 8.79. The summed E-state index contributed by atoms with van der Waals surface area (Å²) in [6.45, 7) is 1.04. The fraction of sp³-hybridized carbons (Fsp3) is 0.333. The maximum atomic E-state index is 9.65. The van der Waals surface area contributed by atoms with Gasteiger partial charge in [-0.3, -0.25) is 0 Å². The van der Waals surface area contributed by atoms with Crippen LogP contribution in [-0.4, -0.2) is 18.7 Å². The van der Waals surface area contributed by atoms with Gasteiger partial charge in [-0.1, -0.05) is 6.07 Å². The second-order valence-corrected chi connectivity index (χ2v) is 4.78. The van der Waals surface area contributed by atoms with Gasteiger partial charge >= 0.3 is 0 Å². The van der Waals surface area contributed by atoms with E-state index in [2.05, 4.69) is 17.4 Å². The maximum Gasteiger partial charge on any atom is 0.124 e. The number of thiophene rings is 1. The number of aryl methyl sites for hydroxylation is 1. The highest BCUT2D eigenvalue weighted by atomic mass is 32.1. The molecule has 2 rings (SSSR count). The molecule has 0 atom stereocenters. The van der Waals surface area contributed by atoms with Crippen molar-refractivity contribution in [2.45, 2.75) is 12.8 Å². The minimum Gasteiger partial charge on any atom is -0.507 e. The molecule has 0 fully saturated rings. The Bertz CT molecular complexity index is 450. The Hall–Kier alpha value is -1.06. The molecule has 1 heterocycles. The van der Waals surface area contributed by atoms with E-state index in [9.17, 15) is 5.11 Å². The van der Waals surface area contributed by atoms with Crippen molar-refractivity contribution in [3.05, 3.63) is 29.1 Å². The van der Waals surface area contributed by atoms with Crippen molar-refractivity contribution in [1.29, 1.82) is 0 Å². The zero-order chi connectivity index (χ0) is 10.7. The molecule has 0 spiro atoms. The van der Waals surface area contributed by atoms with Crippen molar-refractivity contribution in [2.24, 2.45) is 0 Å². The Balaban J connectivity index is 2.20. The fourth-order valence-corrected chi connectivity index (χ4v) is 2.79. The van der Waals surface area contributed by atoms with Crippen LogP contribution in [0.4, 0.5) is 0 Å². The van der Waals surface area contributed by atoms with E-state index >= 15 is 0 Å². The van der Waals surface area contributed by atoms with Crippen molar-refractivity contribution in [3.63, 3.8) is 0 Å². The van der Waals surface area contributed by atoms with Crippen LogP contribution in [0.1, 0.15) is 11.3 Å². The predicted octanol–water partition coefficient (Wildman–Crippen LogP) is 2.76. The van der Waals surface area contributed by atoms with Crippen LogP contribution in [-0.2, 0) is 6.42 Å². The van der Waals surface area contributed by atoms with Gasteiger partial charge in [-0.15, -0.1) is 11.3 Å². The Labute approximate surface area is 93.6 Å². The normalized spacial score (nSPS) is 11.0. The molecule has 2 aromatic rings. The minimum absolute atomic E-state index is 0.392. The third-order valence-electron chi connectivity index (χ3n) is 2.44. The Kier molecular flexibility index (Phi) is 3.23. The van der Waals surface area contributed by atoms with Crippen LogP contribution in [0.25, 0.3) is 10.1 Å². The van der Waals surface area contributed by atoms with Gasteiger partial charge in [0.25, 0.3) is 0 Å². The summed E-state index contributed by atoms with van der Waals surface area (Å²) in [7, 11) is 1.97. The molecule has 1 aromatic heterocycles. The van der Waals surface area contributed by atoms with Crippen molar-refractivity contribution in [2.75, 3.05) is 13.6 Å². The molecule has 15 heavy (non-hydrogen) atoms. The molecular weight excluding hydrogens is 206 g/mol. The molecule has 0 amide bonds. The number of phenols is 1. The largest absolute Gasteiger partial charge is 0.507 e. The smallest absolute Gasteiger partial charge is 0.124 e. The first kappa shape index (κ1) is 10.5. The molecule has 2 N–H and O–H groups in total. The van der Waals surface area contributed by atoms with Gasteiger partial charge in [0.15, 0.2) is 0 Å². The first-order valence-electron chi connectivity index (χ1n) is 5.16. The Morgan fingerprint density at radius 3 is 3.00 bits per heavy atom. The number of phenolic OH excluding ortho intramolecular Hbond substituents is 1. The first-order valence-corrected chi connectivity index (χ1v) is 5.98. The van der Waals surface area contributed by atoms with Gasteiger partial charge in [-0.05, 0) is 44.6 Å². The second kappa shape index (κ2) is 4.64. The summed E-state index contributed by atoms with van der Waals surface area (Å²) < 4.78 is 1.18. The number of benzene rings is 1. The number of aromatic hydroxyl groups is 1. The third kappa shape index (κ3) is 2.30. The summed E-state index contributed by atoms with van der Waals surface area (Å²) in [6.07, 6.45) is 2.23. The molecule has 0 aliphatic heterocycles. The van der Waals surface area contributed by atoms with Crippen LogP contribution in [0.3, 0.4) is 0 Å². The molecule has 0 aliphatic carbocycles. The highest BCUT2D eigenvalue weighted by molar-refractivity contribution is 7.19. The number of rotatable bonds is 4. The summed E-state index contributed by atoms with van der Waals surface area (Å²) in [5.41, 5.74) is 0. The number of fused-ring (bicyclic) bond motifs is 1. The van der Waals surface area contributed by atoms with Gasteiger partial charge in [-0.25, -0.2) is 0 Å². The van der Waals surface area contributed by atoms with Crippen LogP contribution in [0.15, 0.2) is 24.3 Å². The molecule has 3 heteroatoms.